The fraction of sp³-hybridized carbons (Fsp3) is 0. The van der Waals surface area contributed by atoms with Crippen molar-refractivity contribution in [3.8, 4) is 0 Å². The van der Waals surface area contributed by atoms with Crippen LogP contribution in [0.25, 0.3) is 22.1 Å². The Labute approximate surface area is 112 Å². The third-order valence-electron chi connectivity index (χ3n) is 3.16. The fourth-order valence-corrected chi connectivity index (χ4v) is 2.24. The van der Waals surface area contributed by atoms with Crippen molar-refractivity contribution in [1.82, 2.24) is 9.97 Å². The highest BCUT2D eigenvalue weighted by Gasteiger charge is 2.27. The van der Waals surface area contributed by atoms with Crippen LogP contribution in [0.4, 0.5) is 5.69 Å². The number of para-hydroxylation sites is 2. The number of benzene rings is 2. The number of carbonyl (C=O) groups is 2. The lowest BCUT2D eigenvalue weighted by atomic mass is 10.0. The van der Waals surface area contributed by atoms with Crippen LogP contribution in [0.15, 0.2) is 46.6 Å². The Hall–Kier alpha value is -3.02. The molecule has 0 radical (unpaired) electrons. The number of carbonyl (C=O) groups excluding carboxylic acids is 2. The minimum Gasteiger partial charge on any atom is -0.283 e. The van der Waals surface area contributed by atoms with Crippen molar-refractivity contribution in [2.24, 2.45) is 10.2 Å². The van der Waals surface area contributed by atoms with Crippen molar-refractivity contribution in [2.45, 2.75) is 0 Å². The van der Waals surface area contributed by atoms with E-state index in [9.17, 15) is 9.59 Å². The molecule has 0 bridgehead atoms. The van der Waals surface area contributed by atoms with Gasteiger partial charge in [-0.15, -0.1) is 10.2 Å². The highest BCUT2D eigenvalue weighted by atomic mass is 16.2. The van der Waals surface area contributed by atoms with Crippen LogP contribution >= 0.6 is 0 Å². The van der Waals surface area contributed by atoms with Gasteiger partial charge in [-0.05, 0) is 24.3 Å². The standard InChI is InChI=1S/C14H6N4O2/c19-13-11-9(17-18-14(13)20)5-6-10-12(11)16-8-4-2-1-3-7(8)15-10/h1-6H. The van der Waals surface area contributed by atoms with Gasteiger partial charge in [0.1, 0.15) is 5.52 Å². The monoisotopic (exact) mass is 262 g/mol. The summed E-state index contributed by atoms with van der Waals surface area (Å²) in [5.41, 5.74) is 2.87. The minimum atomic E-state index is -0.875. The molecule has 1 aliphatic rings. The summed E-state index contributed by atoms with van der Waals surface area (Å²) in [6.07, 6.45) is 0. The van der Waals surface area contributed by atoms with E-state index < -0.39 is 11.7 Å². The van der Waals surface area contributed by atoms with Crippen molar-refractivity contribution in [3.63, 3.8) is 0 Å². The van der Waals surface area contributed by atoms with Gasteiger partial charge in [0.2, 0.25) is 0 Å². The summed E-state index contributed by atoms with van der Waals surface area (Å²) in [5, 5.41) is 7.05. The van der Waals surface area contributed by atoms with Crippen LogP contribution in [0.5, 0.6) is 0 Å². The van der Waals surface area contributed by atoms with Crippen molar-refractivity contribution in [1.29, 1.82) is 0 Å². The van der Waals surface area contributed by atoms with E-state index in [2.05, 4.69) is 20.2 Å². The van der Waals surface area contributed by atoms with Crippen molar-refractivity contribution in [2.75, 3.05) is 0 Å². The highest BCUT2D eigenvalue weighted by Crippen LogP contribution is 2.31. The summed E-state index contributed by atoms with van der Waals surface area (Å²) in [7, 11) is 0. The molecule has 1 amide bonds. The first kappa shape index (κ1) is 10.9. The molecular weight excluding hydrogens is 256 g/mol. The third kappa shape index (κ3) is 1.38. The Bertz CT molecular complexity index is 946. The van der Waals surface area contributed by atoms with E-state index in [0.717, 1.165) is 5.52 Å². The molecule has 6 heteroatoms. The van der Waals surface area contributed by atoms with Crippen LogP contribution in [-0.2, 0) is 4.79 Å². The van der Waals surface area contributed by atoms with Crippen LogP contribution in [0.3, 0.4) is 0 Å². The fourth-order valence-electron chi connectivity index (χ4n) is 2.24. The number of azo groups is 1. The topological polar surface area (TPSA) is 84.6 Å². The summed E-state index contributed by atoms with van der Waals surface area (Å²) in [6, 6.07) is 10.7. The number of hydrogen-bond acceptors (Lipinski definition) is 5. The molecule has 6 nitrogen and oxygen atoms in total. The predicted octanol–water partition coefficient (Wildman–Crippen LogP) is 2.59. The average Bonchev–Trinajstić information content (AvgIpc) is 2.48. The summed E-state index contributed by atoms with van der Waals surface area (Å²) in [4.78, 5) is 32.3. The Kier molecular flexibility index (Phi) is 2.03. The SMILES string of the molecule is O=C1N=Nc2ccc3nc4ccccc4nc3c2C1=O. The number of amides is 1. The van der Waals surface area contributed by atoms with E-state index in [4.69, 9.17) is 0 Å². The van der Waals surface area contributed by atoms with Gasteiger partial charge in [0.25, 0.3) is 5.78 Å². The molecule has 1 aliphatic heterocycles. The van der Waals surface area contributed by atoms with Gasteiger partial charge in [-0.3, -0.25) is 9.59 Å². The highest BCUT2D eigenvalue weighted by molar-refractivity contribution is 6.46. The van der Waals surface area contributed by atoms with Gasteiger partial charge >= 0.3 is 5.91 Å². The maximum atomic E-state index is 12.0. The number of rotatable bonds is 0. The van der Waals surface area contributed by atoms with Gasteiger partial charge in [-0.25, -0.2) is 9.97 Å². The van der Waals surface area contributed by atoms with Crippen molar-refractivity contribution >= 4 is 39.4 Å². The Morgan fingerprint density at radius 1 is 0.750 bits per heavy atom. The van der Waals surface area contributed by atoms with Crippen LogP contribution in [0.1, 0.15) is 10.4 Å². The van der Waals surface area contributed by atoms with Crippen molar-refractivity contribution in [3.05, 3.63) is 42.0 Å². The Morgan fingerprint density at radius 2 is 1.50 bits per heavy atom. The minimum absolute atomic E-state index is 0.181. The molecule has 0 aliphatic carbocycles. The van der Waals surface area contributed by atoms with Crippen LogP contribution in [0.2, 0.25) is 0 Å². The molecule has 0 N–H and O–H groups in total. The number of nitrogens with zero attached hydrogens (tertiary/aromatic N) is 4. The van der Waals surface area contributed by atoms with E-state index in [-0.39, 0.29) is 5.56 Å². The third-order valence-corrected chi connectivity index (χ3v) is 3.16. The van der Waals surface area contributed by atoms with Gasteiger partial charge in [0, 0.05) is 0 Å². The lowest BCUT2D eigenvalue weighted by Crippen LogP contribution is -2.15. The lowest BCUT2D eigenvalue weighted by molar-refractivity contribution is -0.114. The zero-order valence-electron chi connectivity index (χ0n) is 10.1. The lowest BCUT2D eigenvalue weighted by Gasteiger charge is -2.09. The molecule has 0 fully saturated rings. The number of aromatic nitrogens is 2. The van der Waals surface area contributed by atoms with Crippen LogP contribution in [0, 0.1) is 0 Å². The van der Waals surface area contributed by atoms with E-state index in [1.54, 1.807) is 18.2 Å². The molecule has 0 saturated heterocycles. The van der Waals surface area contributed by atoms with E-state index in [0.29, 0.717) is 22.2 Å². The molecule has 1 aromatic heterocycles. The molecule has 4 rings (SSSR count). The average molecular weight is 262 g/mol. The first-order valence-electron chi connectivity index (χ1n) is 5.94. The Balaban J connectivity index is 2.18. The molecule has 0 saturated carbocycles. The summed E-state index contributed by atoms with van der Waals surface area (Å²) >= 11 is 0. The molecular formula is C14H6N4O2. The molecule has 0 atom stereocenters. The number of Topliss-reactive ketones (excluding diaryl/α,β-unsaturated/α-hetero) is 1. The predicted molar refractivity (Wildman–Crippen MR) is 70.9 cm³/mol. The zero-order valence-corrected chi connectivity index (χ0v) is 10.1. The van der Waals surface area contributed by atoms with E-state index >= 15 is 0 Å². The maximum Gasteiger partial charge on any atom is 0.336 e. The second kappa shape index (κ2) is 3.74. The second-order valence-electron chi connectivity index (χ2n) is 4.37. The van der Waals surface area contributed by atoms with Gasteiger partial charge in [0.15, 0.2) is 0 Å². The van der Waals surface area contributed by atoms with Crippen LogP contribution < -0.4 is 0 Å². The second-order valence-corrected chi connectivity index (χ2v) is 4.37. The summed E-state index contributed by atoms with van der Waals surface area (Å²) < 4.78 is 0. The smallest absolute Gasteiger partial charge is 0.283 e. The summed E-state index contributed by atoms with van der Waals surface area (Å²) in [5.74, 6) is -1.56. The number of hydrogen-bond donors (Lipinski definition) is 0. The first-order valence-corrected chi connectivity index (χ1v) is 5.94. The van der Waals surface area contributed by atoms with Gasteiger partial charge in [0.05, 0.1) is 27.8 Å². The molecule has 3 aromatic rings. The quantitative estimate of drug-likeness (QED) is 0.460. The molecule has 2 aromatic carbocycles. The number of fused-ring (bicyclic) bond motifs is 4. The molecule has 0 spiro atoms. The molecule has 0 unspecified atom stereocenters. The largest absolute Gasteiger partial charge is 0.336 e. The molecule has 2 heterocycles. The first-order chi connectivity index (χ1) is 9.74. The van der Waals surface area contributed by atoms with Crippen LogP contribution in [-0.4, -0.2) is 21.7 Å². The summed E-state index contributed by atoms with van der Waals surface area (Å²) in [6.45, 7) is 0. The van der Waals surface area contributed by atoms with E-state index in [1.165, 1.54) is 0 Å². The molecule has 20 heavy (non-hydrogen) atoms. The Morgan fingerprint density at radius 3 is 2.30 bits per heavy atom. The van der Waals surface area contributed by atoms with E-state index in [1.807, 2.05) is 18.2 Å². The molecule has 94 valence electrons. The van der Waals surface area contributed by atoms with Gasteiger partial charge in [-0.1, -0.05) is 12.1 Å². The zero-order chi connectivity index (χ0) is 13.7. The van der Waals surface area contributed by atoms with Gasteiger partial charge in [-0.2, -0.15) is 0 Å². The number of ketones is 1. The normalized spacial score (nSPS) is 14.0. The maximum absolute atomic E-state index is 12.0. The van der Waals surface area contributed by atoms with Gasteiger partial charge < -0.3 is 0 Å². The van der Waals surface area contributed by atoms with Crippen molar-refractivity contribution < 1.29 is 9.59 Å².